The molecule has 0 radical (unpaired) electrons. The fraction of sp³-hybridized carbons (Fsp3) is 0.100. The molecule has 0 N–H and O–H groups in total. The van der Waals surface area contributed by atoms with E-state index in [4.69, 9.17) is 11.6 Å². The molecule has 0 aromatic heterocycles. The molecule has 3 aromatic carbocycles. The molecule has 0 amide bonds. The Morgan fingerprint density at radius 3 is 2.29 bits per heavy atom. The van der Waals surface area contributed by atoms with Crippen LogP contribution in [0, 0.1) is 0 Å². The van der Waals surface area contributed by atoms with E-state index in [0.29, 0.717) is 0 Å². The van der Waals surface area contributed by atoms with Gasteiger partial charge < -0.3 is 9.80 Å². The average Bonchev–Trinajstić information content (AvgIpc) is 2.60. The predicted molar refractivity (Wildman–Crippen MR) is 105 cm³/mol. The Labute approximate surface area is 151 Å². The van der Waals surface area contributed by atoms with Gasteiger partial charge in [-0.15, -0.1) is 0 Å². The first-order valence-electron chi connectivity index (χ1n) is 7.77. The lowest BCUT2D eigenvalue weighted by molar-refractivity contribution is 1.12. The van der Waals surface area contributed by atoms with Gasteiger partial charge >= 0.3 is 0 Å². The van der Waals surface area contributed by atoms with Gasteiger partial charge in [-0.1, -0.05) is 35.5 Å². The molecular weight excluding hydrogens is 336 g/mol. The second-order valence-electron chi connectivity index (χ2n) is 5.93. The zero-order valence-corrected chi connectivity index (χ0v) is 15.1. The number of hydrogen-bond acceptors (Lipinski definition) is 3. The average molecular weight is 353 g/mol. The minimum atomic E-state index is 0.753. The number of para-hydroxylation sites is 1. The van der Waals surface area contributed by atoms with E-state index < -0.39 is 0 Å². The van der Waals surface area contributed by atoms with Crippen molar-refractivity contribution in [1.82, 2.24) is 0 Å². The minimum Gasteiger partial charge on any atom is -0.378 e. The maximum atomic E-state index is 6.28. The van der Waals surface area contributed by atoms with Gasteiger partial charge in [0.25, 0.3) is 0 Å². The fourth-order valence-corrected chi connectivity index (χ4v) is 4.11. The van der Waals surface area contributed by atoms with Crippen LogP contribution in [-0.2, 0) is 0 Å². The van der Waals surface area contributed by atoms with Gasteiger partial charge in [-0.05, 0) is 54.6 Å². The maximum Gasteiger partial charge on any atom is 0.0616 e. The molecule has 0 saturated carbocycles. The first-order valence-corrected chi connectivity index (χ1v) is 8.97. The zero-order chi connectivity index (χ0) is 16.7. The number of hydrogen-bond donors (Lipinski definition) is 0. The Bertz CT molecular complexity index is 890. The van der Waals surface area contributed by atoms with Crippen molar-refractivity contribution in [3.63, 3.8) is 0 Å². The smallest absolute Gasteiger partial charge is 0.0616 e. The molecule has 24 heavy (non-hydrogen) atoms. The predicted octanol–water partition coefficient (Wildman–Crippen LogP) is 6.34. The van der Waals surface area contributed by atoms with Gasteiger partial charge in [0.1, 0.15) is 0 Å². The highest BCUT2D eigenvalue weighted by molar-refractivity contribution is 7.99. The monoisotopic (exact) mass is 352 g/mol. The number of fused-ring (bicyclic) bond motifs is 2. The molecule has 1 heterocycles. The van der Waals surface area contributed by atoms with Crippen LogP contribution in [0.4, 0.5) is 22.7 Å². The van der Waals surface area contributed by atoms with Gasteiger partial charge in [-0.25, -0.2) is 0 Å². The third-order valence-electron chi connectivity index (χ3n) is 4.11. The summed E-state index contributed by atoms with van der Waals surface area (Å²) >= 11 is 8.07. The standard InChI is InChI=1S/C20H17ClN2S/c1-22(2)15-8-10-16(11-9-15)23-17-5-3-4-6-19(17)24-20-12-7-14(21)13-18(20)23/h3-13H,1-2H3. The van der Waals surface area contributed by atoms with Crippen molar-refractivity contribution in [3.05, 3.63) is 71.8 Å². The molecule has 4 rings (SSSR count). The highest BCUT2D eigenvalue weighted by Gasteiger charge is 2.24. The van der Waals surface area contributed by atoms with E-state index in [9.17, 15) is 0 Å². The first kappa shape index (κ1) is 15.4. The summed E-state index contributed by atoms with van der Waals surface area (Å²) in [5.41, 5.74) is 4.64. The van der Waals surface area contributed by atoms with Crippen LogP contribution in [0.25, 0.3) is 0 Å². The van der Waals surface area contributed by atoms with Crippen molar-refractivity contribution in [2.24, 2.45) is 0 Å². The molecule has 0 saturated heterocycles. The molecule has 2 nitrogen and oxygen atoms in total. The van der Waals surface area contributed by atoms with E-state index in [0.717, 1.165) is 16.4 Å². The summed E-state index contributed by atoms with van der Waals surface area (Å²) in [5, 5.41) is 0.753. The van der Waals surface area contributed by atoms with Crippen LogP contribution in [0.3, 0.4) is 0 Å². The second kappa shape index (κ2) is 6.08. The van der Waals surface area contributed by atoms with Crippen molar-refractivity contribution in [2.45, 2.75) is 9.79 Å². The summed E-state index contributed by atoms with van der Waals surface area (Å²) < 4.78 is 0. The van der Waals surface area contributed by atoms with E-state index in [1.165, 1.54) is 21.2 Å². The quantitative estimate of drug-likeness (QED) is 0.415. The molecular formula is C20H17ClN2S. The molecule has 0 bridgehead atoms. The molecule has 4 heteroatoms. The Morgan fingerprint density at radius 2 is 1.54 bits per heavy atom. The topological polar surface area (TPSA) is 6.48 Å². The van der Waals surface area contributed by atoms with E-state index in [1.54, 1.807) is 11.8 Å². The number of benzene rings is 3. The molecule has 0 fully saturated rings. The molecule has 0 unspecified atom stereocenters. The number of anilines is 4. The number of halogens is 1. The van der Waals surface area contributed by atoms with Crippen LogP contribution in [-0.4, -0.2) is 14.1 Å². The van der Waals surface area contributed by atoms with Crippen molar-refractivity contribution >= 4 is 46.1 Å². The Balaban J connectivity index is 1.89. The summed E-state index contributed by atoms with van der Waals surface area (Å²) in [4.78, 5) is 6.86. The fourth-order valence-electron chi connectivity index (χ4n) is 2.91. The van der Waals surface area contributed by atoms with Crippen LogP contribution in [0.15, 0.2) is 76.5 Å². The molecule has 1 aliphatic rings. The molecule has 1 aliphatic heterocycles. The second-order valence-corrected chi connectivity index (χ2v) is 7.45. The van der Waals surface area contributed by atoms with Crippen LogP contribution in [0.5, 0.6) is 0 Å². The minimum absolute atomic E-state index is 0.753. The van der Waals surface area contributed by atoms with E-state index in [-0.39, 0.29) is 0 Å². The third kappa shape index (κ3) is 2.64. The summed E-state index contributed by atoms with van der Waals surface area (Å²) in [5.74, 6) is 0. The first-order chi connectivity index (χ1) is 11.6. The lowest BCUT2D eigenvalue weighted by atomic mass is 10.1. The van der Waals surface area contributed by atoms with Crippen LogP contribution < -0.4 is 9.80 Å². The SMILES string of the molecule is CN(C)c1ccc(N2c3ccccc3Sc3ccc(Cl)cc32)cc1. The largest absolute Gasteiger partial charge is 0.378 e. The molecule has 0 spiro atoms. The van der Waals surface area contributed by atoms with Gasteiger partial charge in [0.05, 0.1) is 11.4 Å². The highest BCUT2D eigenvalue weighted by Crippen LogP contribution is 2.51. The van der Waals surface area contributed by atoms with Gasteiger partial charge in [0.2, 0.25) is 0 Å². The number of rotatable bonds is 2. The van der Waals surface area contributed by atoms with E-state index >= 15 is 0 Å². The van der Waals surface area contributed by atoms with Crippen molar-refractivity contribution in [1.29, 1.82) is 0 Å². The summed E-state index contributed by atoms with van der Waals surface area (Å²) in [6, 6.07) is 23.2. The zero-order valence-electron chi connectivity index (χ0n) is 13.5. The Hall–Kier alpha value is -2.10. The highest BCUT2D eigenvalue weighted by atomic mass is 35.5. The lowest BCUT2D eigenvalue weighted by Crippen LogP contribution is -2.15. The lowest BCUT2D eigenvalue weighted by Gasteiger charge is -2.33. The van der Waals surface area contributed by atoms with Crippen LogP contribution in [0.1, 0.15) is 0 Å². The molecule has 120 valence electrons. The normalized spacial score (nSPS) is 12.5. The van der Waals surface area contributed by atoms with Gasteiger partial charge in [0.15, 0.2) is 0 Å². The number of nitrogens with zero attached hydrogens (tertiary/aromatic N) is 2. The molecule has 3 aromatic rings. The summed E-state index contributed by atoms with van der Waals surface area (Å²) in [6.45, 7) is 0. The molecule has 0 atom stereocenters. The Morgan fingerprint density at radius 1 is 0.833 bits per heavy atom. The van der Waals surface area contributed by atoms with Gasteiger partial charge in [-0.3, -0.25) is 0 Å². The summed E-state index contributed by atoms with van der Waals surface area (Å²) in [7, 11) is 4.10. The van der Waals surface area contributed by atoms with Crippen LogP contribution in [0.2, 0.25) is 5.02 Å². The third-order valence-corrected chi connectivity index (χ3v) is 5.48. The summed E-state index contributed by atoms with van der Waals surface area (Å²) in [6.07, 6.45) is 0. The Kier molecular flexibility index (Phi) is 3.91. The van der Waals surface area contributed by atoms with Crippen LogP contribution >= 0.6 is 23.4 Å². The van der Waals surface area contributed by atoms with E-state index in [1.807, 2.05) is 12.1 Å². The van der Waals surface area contributed by atoms with Crippen molar-refractivity contribution in [3.8, 4) is 0 Å². The molecule has 0 aliphatic carbocycles. The van der Waals surface area contributed by atoms with Gasteiger partial charge in [0, 0.05) is 40.3 Å². The van der Waals surface area contributed by atoms with Crippen molar-refractivity contribution in [2.75, 3.05) is 23.9 Å². The van der Waals surface area contributed by atoms with Crippen molar-refractivity contribution < 1.29 is 0 Å². The van der Waals surface area contributed by atoms with Gasteiger partial charge in [-0.2, -0.15) is 0 Å². The van der Waals surface area contributed by atoms with E-state index in [2.05, 4.69) is 78.5 Å². The maximum absolute atomic E-state index is 6.28.